The molecule has 0 saturated carbocycles. The summed E-state index contributed by atoms with van der Waals surface area (Å²) in [5.41, 5.74) is 5.57. The third kappa shape index (κ3) is 2.60. The summed E-state index contributed by atoms with van der Waals surface area (Å²) in [6.45, 7) is 6.29. The Morgan fingerprint density at radius 3 is 2.56 bits per heavy atom. The van der Waals surface area contributed by atoms with Crippen LogP contribution in [0.2, 0.25) is 0 Å². The number of hydrogen-bond acceptors (Lipinski definition) is 2. The number of fused-ring (bicyclic) bond motifs is 1. The van der Waals surface area contributed by atoms with Crippen molar-refractivity contribution in [3.05, 3.63) is 74.6 Å². The van der Waals surface area contributed by atoms with Gasteiger partial charge in [0.1, 0.15) is 5.75 Å². The van der Waals surface area contributed by atoms with E-state index >= 15 is 0 Å². The van der Waals surface area contributed by atoms with Crippen LogP contribution in [0.25, 0.3) is 17.3 Å². The highest BCUT2D eigenvalue weighted by molar-refractivity contribution is 5.77. The van der Waals surface area contributed by atoms with Crippen LogP contribution in [0.15, 0.2) is 41.4 Å². The lowest BCUT2D eigenvalue weighted by Crippen LogP contribution is -2.19. The molecule has 2 N–H and O–H groups in total. The zero-order valence-electron chi connectivity index (χ0n) is 14.9. The first-order chi connectivity index (χ1) is 12.1. The van der Waals surface area contributed by atoms with Crippen LogP contribution in [0.5, 0.6) is 5.75 Å². The zero-order valence-corrected chi connectivity index (χ0v) is 14.9. The van der Waals surface area contributed by atoms with E-state index in [1.165, 1.54) is 5.56 Å². The van der Waals surface area contributed by atoms with E-state index in [0.717, 1.165) is 49.7 Å². The van der Waals surface area contributed by atoms with Crippen LogP contribution in [0.1, 0.15) is 23.9 Å². The first-order valence-electron chi connectivity index (χ1n) is 8.37. The number of ether oxygens (including phenoxy) is 1. The molecule has 0 atom stereocenters. The fraction of sp³-hybridized carbons (Fsp3) is 0.190. The number of benzene rings is 1. The maximum Gasteiger partial charge on any atom is 0.144 e. The van der Waals surface area contributed by atoms with E-state index < -0.39 is 0 Å². The van der Waals surface area contributed by atoms with E-state index in [-0.39, 0.29) is 0 Å². The largest absolute Gasteiger partial charge is 0.494 e. The van der Waals surface area contributed by atoms with Crippen LogP contribution in [0.3, 0.4) is 0 Å². The van der Waals surface area contributed by atoms with E-state index in [0.29, 0.717) is 0 Å². The van der Waals surface area contributed by atoms with Gasteiger partial charge in [-0.2, -0.15) is 0 Å². The molecular weight excluding hydrogens is 310 g/mol. The van der Waals surface area contributed by atoms with Gasteiger partial charge in [-0.05, 0) is 44.5 Å². The SMILES string of the molecule is COc1cc(=C2C=c3ccccc3=N2)[nH]c1=C(C)c1[nH]c(C)cc1C. The van der Waals surface area contributed by atoms with Gasteiger partial charge in [-0.15, -0.1) is 0 Å². The van der Waals surface area contributed by atoms with E-state index in [4.69, 9.17) is 9.73 Å². The van der Waals surface area contributed by atoms with Crippen LogP contribution in [0.4, 0.5) is 0 Å². The van der Waals surface area contributed by atoms with Crippen molar-refractivity contribution in [2.75, 3.05) is 7.11 Å². The number of aromatic amines is 2. The standard InChI is InChI=1S/C21H21N3O/c1-12-9-13(2)22-20(12)14(3)21-19(25-4)11-18(24-21)17-10-15-7-5-6-8-16(15)23-17/h5-11,22,24H,1-4H3. The maximum atomic E-state index is 5.62. The Labute approximate surface area is 145 Å². The highest BCUT2D eigenvalue weighted by Gasteiger charge is 2.10. The minimum Gasteiger partial charge on any atom is -0.494 e. The van der Waals surface area contributed by atoms with Crippen LogP contribution >= 0.6 is 0 Å². The quantitative estimate of drug-likeness (QED) is 0.733. The molecule has 3 heterocycles. The van der Waals surface area contributed by atoms with Crippen LogP contribution in [-0.2, 0) is 0 Å². The van der Waals surface area contributed by atoms with Crippen molar-refractivity contribution >= 4 is 17.3 Å². The molecule has 4 heteroatoms. The van der Waals surface area contributed by atoms with Gasteiger partial charge >= 0.3 is 0 Å². The average molecular weight is 331 g/mol. The van der Waals surface area contributed by atoms with E-state index in [9.17, 15) is 0 Å². The molecule has 0 bridgehead atoms. The molecule has 4 nitrogen and oxygen atoms in total. The summed E-state index contributed by atoms with van der Waals surface area (Å²) in [6.07, 6.45) is 2.10. The molecule has 4 rings (SSSR count). The molecule has 0 unspecified atom stereocenters. The molecule has 0 radical (unpaired) electrons. The van der Waals surface area contributed by atoms with Crippen LogP contribution < -0.4 is 26.0 Å². The minimum absolute atomic E-state index is 0.825. The van der Waals surface area contributed by atoms with E-state index in [1.807, 2.05) is 24.3 Å². The average Bonchev–Trinajstić information content (AvgIpc) is 3.29. The molecule has 0 fully saturated rings. The third-order valence-electron chi connectivity index (χ3n) is 4.65. The number of methoxy groups -OCH3 is 1. The van der Waals surface area contributed by atoms with Gasteiger partial charge in [-0.3, -0.25) is 0 Å². The molecule has 25 heavy (non-hydrogen) atoms. The molecule has 0 spiro atoms. The first-order valence-corrected chi connectivity index (χ1v) is 8.37. The van der Waals surface area contributed by atoms with Gasteiger partial charge in [-0.1, -0.05) is 18.2 Å². The Bertz CT molecular complexity index is 1170. The topological polar surface area (TPSA) is 53.2 Å². The van der Waals surface area contributed by atoms with Gasteiger partial charge in [-0.25, -0.2) is 4.99 Å². The second-order valence-electron chi connectivity index (χ2n) is 6.46. The fourth-order valence-corrected chi connectivity index (χ4v) is 3.42. The number of nitrogens with one attached hydrogen (secondary N) is 2. The molecule has 0 aliphatic carbocycles. The van der Waals surface area contributed by atoms with E-state index in [1.54, 1.807) is 7.11 Å². The monoisotopic (exact) mass is 331 g/mol. The highest BCUT2D eigenvalue weighted by atomic mass is 16.5. The summed E-state index contributed by atoms with van der Waals surface area (Å²) in [5, 5.41) is 4.09. The lowest BCUT2D eigenvalue weighted by atomic mass is 10.1. The second kappa shape index (κ2) is 5.81. The number of hydrogen-bond donors (Lipinski definition) is 2. The van der Waals surface area contributed by atoms with Crippen molar-refractivity contribution < 1.29 is 4.74 Å². The van der Waals surface area contributed by atoms with Gasteiger partial charge in [0.15, 0.2) is 0 Å². The molecule has 126 valence electrons. The molecule has 1 aliphatic heterocycles. The maximum absolute atomic E-state index is 5.62. The van der Waals surface area contributed by atoms with Crippen LogP contribution in [0, 0.1) is 13.8 Å². The molecular formula is C21H21N3O. The van der Waals surface area contributed by atoms with Gasteiger partial charge in [0.25, 0.3) is 0 Å². The lowest BCUT2D eigenvalue weighted by Gasteiger charge is -2.01. The zero-order chi connectivity index (χ0) is 17.6. The van der Waals surface area contributed by atoms with Crippen molar-refractivity contribution in [3.63, 3.8) is 0 Å². The number of nitrogens with zero attached hydrogens (tertiary/aromatic N) is 1. The Morgan fingerprint density at radius 2 is 1.88 bits per heavy atom. The fourth-order valence-electron chi connectivity index (χ4n) is 3.42. The van der Waals surface area contributed by atoms with Gasteiger partial charge < -0.3 is 14.7 Å². The lowest BCUT2D eigenvalue weighted by molar-refractivity contribution is 0.411. The van der Waals surface area contributed by atoms with Crippen molar-refractivity contribution in [1.82, 2.24) is 9.97 Å². The Hall–Kier alpha value is -3.01. The smallest absolute Gasteiger partial charge is 0.144 e. The number of aromatic nitrogens is 2. The minimum atomic E-state index is 0.825. The summed E-state index contributed by atoms with van der Waals surface area (Å²) < 4.78 is 5.62. The molecule has 3 aromatic rings. The summed E-state index contributed by atoms with van der Waals surface area (Å²) in [7, 11) is 1.70. The van der Waals surface area contributed by atoms with Gasteiger partial charge in [0, 0.05) is 28.2 Å². The predicted octanol–water partition coefficient (Wildman–Crippen LogP) is 1.41. The van der Waals surface area contributed by atoms with Gasteiger partial charge in [0.05, 0.1) is 28.9 Å². The highest BCUT2D eigenvalue weighted by Crippen LogP contribution is 2.17. The third-order valence-corrected chi connectivity index (χ3v) is 4.65. The molecule has 1 aromatic carbocycles. The van der Waals surface area contributed by atoms with Crippen molar-refractivity contribution in [2.24, 2.45) is 4.99 Å². The summed E-state index contributed by atoms with van der Waals surface area (Å²) in [6, 6.07) is 12.3. The number of H-pyrrole nitrogens is 2. The summed E-state index contributed by atoms with van der Waals surface area (Å²) in [4.78, 5) is 11.7. The van der Waals surface area contributed by atoms with Crippen molar-refractivity contribution in [1.29, 1.82) is 0 Å². The Morgan fingerprint density at radius 1 is 1.08 bits per heavy atom. The van der Waals surface area contributed by atoms with Crippen LogP contribution in [-0.4, -0.2) is 17.1 Å². The second-order valence-corrected chi connectivity index (χ2v) is 6.46. The number of rotatable bonds is 2. The van der Waals surface area contributed by atoms with Crippen molar-refractivity contribution in [3.8, 4) is 5.75 Å². The molecule has 1 aliphatic rings. The summed E-state index contributed by atoms with van der Waals surface area (Å²) in [5.74, 6) is 0.825. The first kappa shape index (κ1) is 15.5. The predicted molar refractivity (Wildman–Crippen MR) is 100 cm³/mol. The molecule has 0 saturated heterocycles. The number of para-hydroxylation sites is 1. The normalized spacial score (nSPS) is 16.2. The molecule has 0 amide bonds. The molecule has 2 aromatic heterocycles. The van der Waals surface area contributed by atoms with E-state index in [2.05, 4.69) is 48.9 Å². The number of aryl methyl sites for hydroxylation is 2. The Balaban J connectivity index is 1.99. The summed E-state index contributed by atoms with van der Waals surface area (Å²) >= 11 is 0. The Kier molecular flexibility index (Phi) is 3.61. The van der Waals surface area contributed by atoms with Crippen molar-refractivity contribution in [2.45, 2.75) is 20.8 Å². The van der Waals surface area contributed by atoms with Gasteiger partial charge in [0.2, 0.25) is 0 Å².